The lowest BCUT2D eigenvalue weighted by molar-refractivity contribution is -0.131. The van der Waals surface area contributed by atoms with Gasteiger partial charge in [-0.3, -0.25) is 19.2 Å². The second-order valence-electron chi connectivity index (χ2n) is 6.39. The van der Waals surface area contributed by atoms with Gasteiger partial charge in [-0.2, -0.15) is 0 Å². The molecule has 9 nitrogen and oxygen atoms in total. The van der Waals surface area contributed by atoms with E-state index >= 15 is 0 Å². The van der Waals surface area contributed by atoms with Crippen molar-refractivity contribution < 1.29 is 24.3 Å². The Hall–Kier alpha value is -2.16. The summed E-state index contributed by atoms with van der Waals surface area (Å²) >= 11 is 0. The van der Waals surface area contributed by atoms with E-state index in [0.717, 1.165) is 0 Å². The van der Waals surface area contributed by atoms with Crippen LogP contribution in [0.2, 0.25) is 0 Å². The average molecular weight is 354 g/mol. The van der Waals surface area contributed by atoms with E-state index in [4.69, 9.17) is 5.11 Å². The molecule has 0 aliphatic carbocycles. The van der Waals surface area contributed by atoms with E-state index in [1.165, 1.54) is 0 Å². The maximum atomic E-state index is 12.0. The molecule has 0 saturated carbocycles. The van der Waals surface area contributed by atoms with E-state index in [-0.39, 0.29) is 55.5 Å². The van der Waals surface area contributed by atoms with Gasteiger partial charge < -0.3 is 25.5 Å². The van der Waals surface area contributed by atoms with E-state index in [0.29, 0.717) is 32.7 Å². The number of hydrogen-bond donors (Lipinski definition) is 3. The summed E-state index contributed by atoms with van der Waals surface area (Å²) in [6.07, 6.45) is 0.346. The first-order valence-electron chi connectivity index (χ1n) is 8.68. The van der Waals surface area contributed by atoms with Crippen molar-refractivity contribution in [1.82, 2.24) is 20.4 Å². The first-order chi connectivity index (χ1) is 12.0. The molecule has 2 heterocycles. The molecule has 0 bridgehead atoms. The van der Waals surface area contributed by atoms with Crippen LogP contribution >= 0.6 is 0 Å². The lowest BCUT2D eigenvalue weighted by Gasteiger charge is -2.22. The molecule has 2 aliphatic rings. The van der Waals surface area contributed by atoms with Gasteiger partial charge in [0.1, 0.15) is 0 Å². The van der Waals surface area contributed by atoms with Crippen LogP contribution in [0.25, 0.3) is 0 Å². The van der Waals surface area contributed by atoms with Gasteiger partial charge in [0.15, 0.2) is 0 Å². The SMILES string of the molecule is CCNC(=O)C1CC(=O)N(CCN2CC(C(=O)NCCO)CC2=O)C1. The Kier molecular flexibility index (Phi) is 6.74. The van der Waals surface area contributed by atoms with Crippen LogP contribution in [0.5, 0.6) is 0 Å². The summed E-state index contributed by atoms with van der Waals surface area (Å²) in [7, 11) is 0. The fourth-order valence-electron chi connectivity index (χ4n) is 3.21. The molecular formula is C16H26N4O5. The van der Waals surface area contributed by atoms with Crippen LogP contribution in [0.4, 0.5) is 0 Å². The minimum absolute atomic E-state index is 0.0832. The second-order valence-corrected chi connectivity index (χ2v) is 6.39. The van der Waals surface area contributed by atoms with Crippen LogP contribution in [-0.4, -0.2) is 84.4 Å². The molecule has 0 aromatic heterocycles. The number of aliphatic hydroxyl groups excluding tert-OH is 1. The molecule has 0 aromatic carbocycles. The zero-order valence-corrected chi connectivity index (χ0v) is 14.5. The van der Waals surface area contributed by atoms with Crippen molar-refractivity contribution in [2.75, 3.05) is 45.9 Å². The van der Waals surface area contributed by atoms with Gasteiger partial charge >= 0.3 is 0 Å². The zero-order valence-electron chi connectivity index (χ0n) is 14.5. The first-order valence-corrected chi connectivity index (χ1v) is 8.68. The molecule has 0 radical (unpaired) electrons. The normalized spacial score (nSPS) is 23.3. The van der Waals surface area contributed by atoms with E-state index in [1.807, 2.05) is 6.92 Å². The Morgan fingerprint density at radius 3 is 1.92 bits per heavy atom. The third kappa shape index (κ3) is 4.91. The van der Waals surface area contributed by atoms with Crippen LogP contribution in [0, 0.1) is 11.8 Å². The van der Waals surface area contributed by atoms with Gasteiger partial charge in [-0.25, -0.2) is 0 Å². The molecule has 4 amide bonds. The number of carbonyl (C=O) groups excluding carboxylic acids is 4. The Labute approximate surface area is 146 Å². The van der Waals surface area contributed by atoms with Crippen LogP contribution in [0.15, 0.2) is 0 Å². The minimum Gasteiger partial charge on any atom is -0.395 e. The maximum Gasteiger partial charge on any atom is 0.225 e. The minimum atomic E-state index is -0.420. The summed E-state index contributed by atoms with van der Waals surface area (Å²) < 4.78 is 0. The molecular weight excluding hydrogens is 328 g/mol. The van der Waals surface area contributed by atoms with E-state index in [9.17, 15) is 19.2 Å². The molecule has 3 N–H and O–H groups in total. The number of aliphatic hydroxyl groups is 1. The van der Waals surface area contributed by atoms with Gasteiger partial charge in [0.05, 0.1) is 18.4 Å². The number of nitrogens with zero attached hydrogens (tertiary/aromatic N) is 2. The number of hydrogen-bond acceptors (Lipinski definition) is 5. The highest BCUT2D eigenvalue weighted by atomic mass is 16.3. The number of carbonyl (C=O) groups is 4. The Bertz CT molecular complexity index is 539. The van der Waals surface area contributed by atoms with Crippen molar-refractivity contribution in [2.45, 2.75) is 19.8 Å². The topological polar surface area (TPSA) is 119 Å². The first kappa shape index (κ1) is 19.2. The molecule has 2 saturated heterocycles. The summed E-state index contributed by atoms with van der Waals surface area (Å²) in [5.74, 6) is -1.30. The second kappa shape index (κ2) is 8.80. The zero-order chi connectivity index (χ0) is 18.4. The van der Waals surface area contributed by atoms with E-state index in [2.05, 4.69) is 10.6 Å². The van der Waals surface area contributed by atoms with Crippen molar-refractivity contribution in [3.8, 4) is 0 Å². The third-order valence-corrected chi connectivity index (χ3v) is 4.57. The van der Waals surface area contributed by atoms with Crippen molar-refractivity contribution in [1.29, 1.82) is 0 Å². The van der Waals surface area contributed by atoms with Crippen LogP contribution in [0.3, 0.4) is 0 Å². The van der Waals surface area contributed by atoms with E-state index in [1.54, 1.807) is 9.80 Å². The Morgan fingerprint density at radius 2 is 1.48 bits per heavy atom. The molecule has 140 valence electrons. The number of likely N-dealkylation sites (tertiary alicyclic amines) is 2. The van der Waals surface area contributed by atoms with Crippen LogP contribution in [-0.2, 0) is 19.2 Å². The fourth-order valence-corrected chi connectivity index (χ4v) is 3.21. The van der Waals surface area contributed by atoms with Crippen LogP contribution < -0.4 is 10.6 Å². The lowest BCUT2D eigenvalue weighted by atomic mass is 10.1. The summed E-state index contributed by atoms with van der Waals surface area (Å²) in [5.41, 5.74) is 0. The molecule has 2 atom stereocenters. The van der Waals surface area contributed by atoms with Crippen molar-refractivity contribution >= 4 is 23.6 Å². The number of nitrogens with one attached hydrogen (secondary N) is 2. The Morgan fingerprint density at radius 1 is 1.00 bits per heavy atom. The highest BCUT2D eigenvalue weighted by Crippen LogP contribution is 2.20. The quantitative estimate of drug-likeness (QED) is 0.463. The van der Waals surface area contributed by atoms with Crippen molar-refractivity contribution in [3.63, 3.8) is 0 Å². The number of rotatable bonds is 8. The molecule has 2 aliphatic heterocycles. The van der Waals surface area contributed by atoms with Gasteiger partial charge in [0, 0.05) is 52.1 Å². The summed E-state index contributed by atoms with van der Waals surface area (Å²) in [5, 5.41) is 14.0. The Balaban J connectivity index is 1.79. The summed E-state index contributed by atoms with van der Waals surface area (Å²) in [6, 6.07) is 0. The molecule has 9 heteroatoms. The van der Waals surface area contributed by atoms with Gasteiger partial charge in [-0.1, -0.05) is 0 Å². The number of amides is 4. The average Bonchev–Trinajstić information content (AvgIpc) is 3.14. The molecule has 2 unspecified atom stereocenters. The highest BCUT2D eigenvalue weighted by molar-refractivity contribution is 5.90. The lowest BCUT2D eigenvalue weighted by Crippen LogP contribution is -2.39. The predicted octanol–water partition coefficient (Wildman–Crippen LogP) is -2.07. The van der Waals surface area contributed by atoms with Crippen LogP contribution in [0.1, 0.15) is 19.8 Å². The van der Waals surface area contributed by atoms with Gasteiger partial charge in [0.2, 0.25) is 23.6 Å². The van der Waals surface area contributed by atoms with Gasteiger partial charge in [0.25, 0.3) is 0 Å². The highest BCUT2D eigenvalue weighted by Gasteiger charge is 2.37. The molecule has 0 spiro atoms. The molecule has 0 aromatic rings. The van der Waals surface area contributed by atoms with Gasteiger partial charge in [-0.05, 0) is 6.92 Å². The standard InChI is InChI=1S/C16H26N4O5/c1-2-17-15(24)11-7-13(22)19(9-11)4-5-20-10-12(8-14(20)23)16(25)18-3-6-21/h11-12,21H,2-10H2,1H3,(H,17,24)(H,18,25). The monoisotopic (exact) mass is 354 g/mol. The van der Waals surface area contributed by atoms with E-state index < -0.39 is 5.92 Å². The smallest absolute Gasteiger partial charge is 0.225 e. The molecule has 25 heavy (non-hydrogen) atoms. The molecule has 2 rings (SSSR count). The third-order valence-electron chi connectivity index (χ3n) is 4.57. The van der Waals surface area contributed by atoms with Crippen molar-refractivity contribution in [3.05, 3.63) is 0 Å². The van der Waals surface area contributed by atoms with Gasteiger partial charge in [-0.15, -0.1) is 0 Å². The van der Waals surface area contributed by atoms with Crippen molar-refractivity contribution in [2.24, 2.45) is 11.8 Å². The maximum absolute atomic E-state index is 12.0. The summed E-state index contributed by atoms with van der Waals surface area (Å²) in [4.78, 5) is 51.0. The largest absolute Gasteiger partial charge is 0.395 e. The predicted molar refractivity (Wildman–Crippen MR) is 88.2 cm³/mol. The molecule has 2 fully saturated rings. The fraction of sp³-hybridized carbons (Fsp3) is 0.750. The summed E-state index contributed by atoms with van der Waals surface area (Å²) in [6.45, 7) is 3.81.